The van der Waals surface area contributed by atoms with Crippen molar-refractivity contribution in [1.82, 2.24) is 4.98 Å². The van der Waals surface area contributed by atoms with Crippen LogP contribution in [0.5, 0.6) is 0 Å². The average molecular weight is 211 g/mol. The van der Waals surface area contributed by atoms with E-state index in [0.717, 1.165) is 6.42 Å². The third-order valence-electron chi connectivity index (χ3n) is 2.06. The molecule has 0 aliphatic carbocycles. The predicted molar refractivity (Wildman–Crippen MR) is 60.1 cm³/mol. The zero-order chi connectivity index (χ0) is 11.3. The molecule has 0 bridgehead atoms. The highest BCUT2D eigenvalue weighted by molar-refractivity contribution is 5.35. The van der Waals surface area contributed by atoms with Crippen LogP contribution in [0.2, 0.25) is 0 Å². The molecule has 1 rings (SSSR count). The summed E-state index contributed by atoms with van der Waals surface area (Å²) < 4.78 is 13.1. The van der Waals surface area contributed by atoms with Gasteiger partial charge in [-0.25, -0.2) is 9.37 Å². The van der Waals surface area contributed by atoms with E-state index in [9.17, 15) is 4.39 Å². The summed E-state index contributed by atoms with van der Waals surface area (Å²) in [5.41, 5.74) is 5.86. The standard InChI is InChI=1S/C11H18FN3/c1-8(2)6-9(13)7-15-11-10(12)4-3-5-14-11/h3-5,8-9H,6-7,13H2,1-2H3,(H,14,15). The molecule has 1 atom stereocenters. The molecule has 0 fully saturated rings. The third kappa shape index (κ3) is 4.25. The lowest BCUT2D eigenvalue weighted by Crippen LogP contribution is -2.30. The number of hydrogen-bond donors (Lipinski definition) is 2. The molecule has 0 amide bonds. The van der Waals surface area contributed by atoms with E-state index >= 15 is 0 Å². The summed E-state index contributed by atoms with van der Waals surface area (Å²) >= 11 is 0. The summed E-state index contributed by atoms with van der Waals surface area (Å²) in [7, 11) is 0. The predicted octanol–water partition coefficient (Wildman–Crippen LogP) is 2.01. The van der Waals surface area contributed by atoms with Gasteiger partial charge < -0.3 is 11.1 Å². The molecule has 0 aliphatic rings. The van der Waals surface area contributed by atoms with Crippen molar-refractivity contribution in [2.75, 3.05) is 11.9 Å². The first-order valence-electron chi connectivity index (χ1n) is 5.19. The number of aromatic nitrogens is 1. The Labute approximate surface area is 89.9 Å². The molecule has 0 spiro atoms. The van der Waals surface area contributed by atoms with Crippen molar-refractivity contribution in [3.05, 3.63) is 24.1 Å². The average Bonchev–Trinajstić information content (AvgIpc) is 2.15. The molecule has 4 heteroatoms. The summed E-state index contributed by atoms with van der Waals surface area (Å²) in [5.74, 6) is 0.487. The van der Waals surface area contributed by atoms with Crippen molar-refractivity contribution >= 4 is 5.82 Å². The smallest absolute Gasteiger partial charge is 0.165 e. The van der Waals surface area contributed by atoms with Crippen LogP contribution in [-0.2, 0) is 0 Å². The lowest BCUT2D eigenvalue weighted by atomic mass is 10.0. The minimum Gasteiger partial charge on any atom is -0.366 e. The SMILES string of the molecule is CC(C)CC(N)CNc1ncccc1F. The molecular formula is C11H18FN3. The van der Waals surface area contributed by atoms with Gasteiger partial charge in [0.05, 0.1) is 0 Å². The molecule has 1 aromatic rings. The van der Waals surface area contributed by atoms with Gasteiger partial charge in [0.2, 0.25) is 0 Å². The van der Waals surface area contributed by atoms with E-state index in [1.54, 1.807) is 12.3 Å². The second-order valence-electron chi connectivity index (χ2n) is 4.10. The van der Waals surface area contributed by atoms with E-state index in [1.165, 1.54) is 6.07 Å². The van der Waals surface area contributed by atoms with Crippen LogP contribution in [0.1, 0.15) is 20.3 Å². The van der Waals surface area contributed by atoms with Gasteiger partial charge in [-0.15, -0.1) is 0 Å². The molecule has 0 aromatic carbocycles. The van der Waals surface area contributed by atoms with E-state index in [2.05, 4.69) is 24.1 Å². The maximum Gasteiger partial charge on any atom is 0.165 e. The Morgan fingerprint density at radius 3 is 2.87 bits per heavy atom. The zero-order valence-corrected chi connectivity index (χ0v) is 9.20. The number of nitrogens with zero attached hydrogens (tertiary/aromatic N) is 1. The van der Waals surface area contributed by atoms with E-state index in [1.807, 2.05) is 0 Å². The van der Waals surface area contributed by atoms with E-state index in [-0.39, 0.29) is 17.7 Å². The molecular weight excluding hydrogens is 193 g/mol. The number of halogens is 1. The topological polar surface area (TPSA) is 50.9 Å². The normalized spacial score (nSPS) is 12.9. The Bertz CT molecular complexity index is 302. The van der Waals surface area contributed by atoms with Gasteiger partial charge in [-0.1, -0.05) is 13.8 Å². The summed E-state index contributed by atoms with van der Waals surface area (Å²) in [5, 5.41) is 2.91. The Balaban J connectivity index is 2.40. The maximum atomic E-state index is 13.1. The highest BCUT2D eigenvalue weighted by atomic mass is 19.1. The number of rotatable bonds is 5. The Morgan fingerprint density at radius 1 is 1.53 bits per heavy atom. The van der Waals surface area contributed by atoms with E-state index in [4.69, 9.17) is 5.73 Å². The minimum atomic E-state index is -0.339. The Kier molecular flexibility index (Phi) is 4.49. The van der Waals surface area contributed by atoms with Crippen LogP contribution in [0.3, 0.4) is 0 Å². The van der Waals surface area contributed by atoms with Gasteiger partial charge >= 0.3 is 0 Å². The van der Waals surface area contributed by atoms with Crippen LogP contribution in [0, 0.1) is 11.7 Å². The molecule has 1 aromatic heterocycles. The molecule has 84 valence electrons. The summed E-state index contributed by atoms with van der Waals surface area (Å²) in [4.78, 5) is 3.89. The molecule has 3 N–H and O–H groups in total. The van der Waals surface area contributed by atoms with Gasteiger partial charge in [0, 0.05) is 18.8 Å². The molecule has 1 heterocycles. The van der Waals surface area contributed by atoms with Crippen molar-refractivity contribution in [3.63, 3.8) is 0 Å². The molecule has 0 aliphatic heterocycles. The van der Waals surface area contributed by atoms with Gasteiger partial charge in [-0.3, -0.25) is 0 Å². The van der Waals surface area contributed by atoms with Crippen LogP contribution in [0.4, 0.5) is 10.2 Å². The fraction of sp³-hybridized carbons (Fsp3) is 0.545. The van der Waals surface area contributed by atoms with E-state index < -0.39 is 0 Å². The van der Waals surface area contributed by atoms with Crippen LogP contribution >= 0.6 is 0 Å². The number of hydrogen-bond acceptors (Lipinski definition) is 3. The fourth-order valence-electron chi connectivity index (χ4n) is 1.43. The Hall–Kier alpha value is -1.16. The highest BCUT2D eigenvalue weighted by Gasteiger charge is 2.07. The number of nitrogens with two attached hydrogens (primary N) is 1. The first-order chi connectivity index (χ1) is 7.09. The summed E-state index contributed by atoms with van der Waals surface area (Å²) in [6.07, 6.45) is 2.47. The fourth-order valence-corrected chi connectivity index (χ4v) is 1.43. The van der Waals surface area contributed by atoms with E-state index in [0.29, 0.717) is 12.5 Å². The van der Waals surface area contributed by atoms with Crippen LogP contribution in [0.25, 0.3) is 0 Å². The van der Waals surface area contributed by atoms with Crippen LogP contribution in [-0.4, -0.2) is 17.6 Å². The molecule has 1 unspecified atom stereocenters. The van der Waals surface area contributed by atoms with Gasteiger partial charge in [0.15, 0.2) is 11.6 Å². The van der Waals surface area contributed by atoms with Crippen LogP contribution < -0.4 is 11.1 Å². The first kappa shape index (κ1) is 11.9. The van der Waals surface area contributed by atoms with Gasteiger partial charge in [-0.05, 0) is 24.5 Å². The van der Waals surface area contributed by atoms with Gasteiger partial charge in [-0.2, -0.15) is 0 Å². The second-order valence-corrected chi connectivity index (χ2v) is 4.10. The second kappa shape index (κ2) is 5.66. The molecule has 0 radical (unpaired) electrons. The summed E-state index contributed by atoms with van der Waals surface area (Å²) in [6.45, 7) is 4.77. The van der Waals surface area contributed by atoms with Gasteiger partial charge in [0.25, 0.3) is 0 Å². The van der Waals surface area contributed by atoms with Crippen molar-refractivity contribution in [1.29, 1.82) is 0 Å². The van der Waals surface area contributed by atoms with Crippen molar-refractivity contribution in [2.24, 2.45) is 11.7 Å². The molecule has 15 heavy (non-hydrogen) atoms. The largest absolute Gasteiger partial charge is 0.366 e. The zero-order valence-electron chi connectivity index (χ0n) is 9.20. The van der Waals surface area contributed by atoms with Crippen molar-refractivity contribution in [3.8, 4) is 0 Å². The quantitative estimate of drug-likeness (QED) is 0.783. The highest BCUT2D eigenvalue weighted by Crippen LogP contribution is 2.09. The first-order valence-corrected chi connectivity index (χ1v) is 5.19. The van der Waals surface area contributed by atoms with Crippen molar-refractivity contribution in [2.45, 2.75) is 26.3 Å². The maximum absolute atomic E-state index is 13.1. The summed E-state index contributed by atoms with van der Waals surface area (Å²) in [6, 6.07) is 2.98. The molecule has 3 nitrogen and oxygen atoms in total. The lowest BCUT2D eigenvalue weighted by Gasteiger charge is -2.15. The van der Waals surface area contributed by atoms with Crippen LogP contribution in [0.15, 0.2) is 18.3 Å². The number of anilines is 1. The molecule has 0 saturated heterocycles. The third-order valence-corrected chi connectivity index (χ3v) is 2.06. The van der Waals surface area contributed by atoms with Crippen molar-refractivity contribution < 1.29 is 4.39 Å². The minimum absolute atomic E-state index is 0.0337. The number of pyridine rings is 1. The lowest BCUT2D eigenvalue weighted by molar-refractivity contribution is 0.507. The monoisotopic (exact) mass is 211 g/mol. The Morgan fingerprint density at radius 2 is 2.27 bits per heavy atom. The van der Waals surface area contributed by atoms with Gasteiger partial charge in [0.1, 0.15) is 0 Å². The molecule has 0 saturated carbocycles. The number of nitrogens with one attached hydrogen (secondary N) is 1.